The van der Waals surface area contributed by atoms with Crippen molar-refractivity contribution >= 4 is 17.8 Å². The lowest BCUT2D eigenvalue weighted by molar-refractivity contribution is -0.150. The van der Waals surface area contributed by atoms with Crippen LogP contribution in [0.4, 0.5) is 0 Å². The third kappa shape index (κ3) is 6.44. The number of piperidine rings is 1. The number of likely N-dealkylation sites (tertiary alicyclic amines) is 1. The first-order valence-corrected chi connectivity index (χ1v) is 10.6. The van der Waals surface area contributed by atoms with E-state index < -0.39 is 12.0 Å². The van der Waals surface area contributed by atoms with E-state index >= 15 is 0 Å². The van der Waals surface area contributed by atoms with Crippen molar-refractivity contribution in [1.29, 1.82) is 0 Å². The molecule has 2 amide bonds. The van der Waals surface area contributed by atoms with Crippen molar-refractivity contribution in [3.05, 3.63) is 48.0 Å². The van der Waals surface area contributed by atoms with Gasteiger partial charge in [0.2, 0.25) is 11.8 Å². The average molecular weight is 399 g/mol. The number of hydrogen-bond donors (Lipinski definition) is 1. The molecule has 1 fully saturated rings. The quantitative estimate of drug-likeness (QED) is 0.627. The van der Waals surface area contributed by atoms with E-state index in [-0.39, 0.29) is 30.7 Å². The van der Waals surface area contributed by atoms with Crippen LogP contribution >= 0.6 is 0 Å². The normalized spacial score (nSPS) is 25.2. The number of carbonyl (C=O) groups excluding carboxylic acids is 3. The van der Waals surface area contributed by atoms with Crippen LogP contribution in [0.1, 0.15) is 56.6 Å². The fourth-order valence-corrected chi connectivity index (χ4v) is 3.80. The van der Waals surface area contributed by atoms with Crippen molar-refractivity contribution in [1.82, 2.24) is 10.2 Å². The number of hydrogen-bond acceptors (Lipinski definition) is 4. The molecule has 1 aromatic rings. The van der Waals surface area contributed by atoms with Gasteiger partial charge in [-0.25, -0.2) is 0 Å². The van der Waals surface area contributed by atoms with Crippen LogP contribution in [0.5, 0.6) is 0 Å². The molecule has 6 heteroatoms. The number of esters is 1. The number of allylic oxidation sites excluding steroid dienone is 2. The molecule has 2 aliphatic heterocycles. The van der Waals surface area contributed by atoms with Gasteiger partial charge < -0.3 is 15.0 Å². The number of carbonyl (C=O) groups is 3. The lowest BCUT2D eigenvalue weighted by Gasteiger charge is -2.28. The van der Waals surface area contributed by atoms with Crippen molar-refractivity contribution in [2.45, 2.75) is 51.0 Å². The summed E-state index contributed by atoms with van der Waals surface area (Å²) in [6, 6.07) is 9.42. The molecule has 1 aromatic carbocycles. The van der Waals surface area contributed by atoms with E-state index in [4.69, 9.17) is 4.74 Å². The van der Waals surface area contributed by atoms with Gasteiger partial charge in [-0.15, -0.1) is 0 Å². The SMILES string of the molecule is O=C1CC/C=C\C[C@@H](CC(=O)N2CCCCC2)C(=O)NC[C@@H](c2ccccc2)O1. The van der Waals surface area contributed by atoms with E-state index in [1.165, 1.54) is 0 Å². The van der Waals surface area contributed by atoms with Crippen LogP contribution in [0.15, 0.2) is 42.5 Å². The van der Waals surface area contributed by atoms with Crippen LogP contribution in [-0.2, 0) is 19.1 Å². The number of nitrogens with one attached hydrogen (secondary N) is 1. The lowest BCUT2D eigenvalue weighted by atomic mass is 9.97. The summed E-state index contributed by atoms with van der Waals surface area (Å²) in [5, 5.41) is 2.91. The Morgan fingerprint density at radius 1 is 1.07 bits per heavy atom. The highest BCUT2D eigenvalue weighted by Gasteiger charge is 2.26. The molecular formula is C23H30N2O4. The molecule has 0 unspecified atom stereocenters. The molecule has 6 nitrogen and oxygen atoms in total. The van der Waals surface area contributed by atoms with E-state index in [9.17, 15) is 14.4 Å². The average Bonchev–Trinajstić information content (AvgIpc) is 2.75. The van der Waals surface area contributed by atoms with Gasteiger partial charge in [-0.3, -0.25) is 14.4 Å². The smallest absolute Gasteiger partial charge is 0.306 e. The minimum Gasteiger partial charge on any atom is -0.456 e. The Kier molecular flexibility index (Phi) is 7.85. The molecule has 156 valence electrons. The number of amides is 2. The number of benzene rings is 1. The molecule has 1 N–H and O–H groups in total. The predicted molar refractivity (Wildman–Crippen MR) is 110 cm³/mol. The zero-order valence-corrected chi connectivity index (χ0v) is 16.8. The maximum absolute atomic E-state index is 12.9. The number of nitrogens with zero attached hydrogens (tertiary/aromatic N) is 1. The van der Waals surface area contributed by atoms with Gasteiger partial charge in [-0.1, -0.05) is 42.5 Å². The highest BCUT2D eigenvalue weighted by molar-refractivity contribution is 5.86. The summed E-state index contributed by atoms with van der Waals surface area (Å²) in [6.07, 6.45) is 8.07. The summed E-state index contributed by atoms with van der Waals surface area (Å²) >= 11 is 0. The second-order valence-electron chi connectivity index (χ2n) is 7.72. The van der Waals surface area contributed by atoms with Gasteiger partial charge in [0.15, 0.2) is 0 Å². The molecule has 2 heterocycles. The zero-order valence-electron chi connectivity index (χ0n) is 16.8. The maximum Gasteiger partial charge on any atom is 0.306 e. The van der Waals surface area contributed by atoms with Gasteiger partial charge in [0.1, 0.15) is 6.10 Å². The second-order valence-corrected chi connectivity index (χ2v) is 7.72. The molecule has 2 atom stereocenters. The monoisotopic (exact) mass is 398 g/mol. The first-order chi connectivity index (χ1) is 14.1. The topological polar surface area (TPSA) is 75.7 Å². The molecule has 3 rings (SSSR count). The minimum absolute atomic E-state index is 0.0522. The Balaban J connectivity index is 1.68. The fourth-order valence-electron chi connectivity index (χ4n) is 3.80. The van der Waals surface area contributed by atoms with Crippen molar-refractivity contribution < 1.29 is 19.1 Å². The van der Waals surface area contributed by atoms with Crippen LogP contribution in [-0.4, -0.2) is 42.3 Å². The van der Waals surface area contributed by atoms with E-state index in [0.717, 1.165) is 37.9 Å². The molecule has 0 spiro atoms. The van der Waals surface area contributed by atoms with E-state index in [1.807, 2.05) is 47.4 Å². The summed E-state index contributed by atoms with van der Waals surface area (Å²) in [5.41, 5.74) is 0.842. The van der Waals surface area contributed by atoms with Crippen molar-refractivity contribution in [2.24, 2.45) is 5.92 Å². The van der Waals surface area contributed by atoms with Gasteiger partial charge in [-0.05, 0) is 37.7 Å². The summed E-state index contributed by atoms with van der Waals surface area (Å²) in [5.74, 6) is -0.809. The maximum atomic E-state index is 12.9. The van der Waals surface area contributed by atoms with E-state index in [1.54, 1.807) is 0 Å². The molecule has 0 bridgehead atoms. The largest absolute Gasteiger partial charge is 0.456 e. The highest BCUT2D eigenvalue weighted by Crippen LogP contribution is 2.20. The van der Waals surface area contributed by atoms with Crippen LogP contribution < -0.4 is 5.32 Å². The molecular weight excluding hydrogens is 368 g/mol. The predicted octanol–water partition coefficient (Wildman–Crippen LogP) is 3.15. The lowest BCUT2D eigenvalue weighted by Crippen LogP contribution is -2.40. The van der Waals surface area contributed by atoms with Crippen LogP contribution in [0.25, 0.3) is 0 Å². The number of ether oxygens (including phenoxy) is 1. The summed E-state index contributed by atoms with van der Waals surface area (Å²) in [4.78, 5) is 39.5. The van der Waals surface area contributed by atoms with Crippen LogP contribution in [0.2, 0.25) is 0 Å². The van der Waals surface area contributed by atoms with E-state index in [2.05, 4.69) is 5.32 Å². The Morgan fingerprint density at radius 2 is 1.83 bits per heavy atom. The van der Waals surface area contributed by atoms with Gasteiger partial charge in [-0.2, -0.15) is 0 Å². The molecule has 0 aromatic heterocycles. The van der Waals surface area contributed by atoms with Gasteiger partial charge in [0.05, 0.1) is 12.5 Å². The third-order valence-electron chi connectivity index (χ3n) is 5.51. The molecule has 1 saturated heterocycles. The van der Waals surface area contributed by atoms with Gasteiger partial charge in [0, 0.05) is 25.9 Å². The van der Waals surface area contributed by atoms with Crippen molar-refractivity contribution in [2.75, 3.05) is 19.6 Å². The van der Waals surface area contributed by atoms with Crippen LogP contribution in [0, 0.1) is 5.92 Å². The van der Waals surface area contributed by atoms with Crippen LogP contribution in [0.3, 0.4) is 0 Å². The van der Waals surface area contributed by atoms with Gasteiger partial charge in [0.25, 0.3) is 0 Å². The molecule has 29 heavy (non-hydrogen) atoms. The van der Waals surface area contributed by atoms with Crippen molar-refractivity contribution in [3.63, 3.8) is 0 Å². The Bertz CT molecular complexity index is 726. The first kappa shape index (κ1) is 21.1. The summed E-state index contributed by atoms with van der Waals surface area (Å²) in [6.45, 7) is 1.77. The second kappa shape index (κ2) is 10.8. The molecule has 2 aliphatic rings. The number of cyclic esters (lactones) is 1. The standard InChI is InChI=1S/C23H30N2O4/c26-21(25-14-8-3-9-15-25)16-19-12-6-2-7-13-22(27)29-20(17-24-23(19)28)18-10-4-1-5-11-18/h1-2,4-6,10-11,19-20H,3,7-9,12-17H2,(H,24,28)/b6-2-/t19-,20-/m0/s1. The first-order valence-electron chi connectivity index (χ1n) is 10.6. The third-order valence-corrected chi connectivity index (χ3v) is 5.51. The summed E-state index contributed by atoms with van der Waals surface area (Å²) < 4.78 is 5.61. The fraction of sp³-hybridized carbons (Fsp3) is 0.522. The highest BCUT2D eigenvalue weighted by atomic mass is 16.5. The Labute approximate surface area is 172 Å². The molecule has 0 aliphatic carbocycles. The van der Waals surface area contributed by atoms with Crippen molar-refractivity contribution in [3.8, 4) is 0 Å². The van der Waals surface area contributed by atoms with Gasteiger partial charge >= 0.3 is 5.97 Å². The summed E-state index contributed by atoms with van der Waals surface area (Å²) in [7, 11) is 0. The Hall–Kier alpha value is -2.63. The molecule has 0 saturated carbocycles. The molecule has 0 radical (unpaired) electrons. The van der Waals surface area contributed by atoms with E-state index in [0.29, 0.717) is 19.3 Å². The minimum atomic E-state index is -0.533. The number of rotatable bonds is 3. The Morgan fingerprint density at radius 3 is 2.59 bits per heavy atom. The zero-order chi connectivity index (χ0) is 20.5.